The van der Waals surface area contributed by atoms with Gasteiger partial charge in [0.2, 0.25) is 41.4 Å². The lowest BCUT2D eigenvalue weighted by atomic mass is 9.97. The van der Waals surface area contributed by atoms with E-state index in [1.54, 1.807) is 0 Å². The number of thioether (sulfide) groups is 1. The van der Waals surface area contributed by atoms with Gasteiger partial charge in [0.25, 0.3) is 0 Å². The van der Waals surface area contributed by atoms with Crippen molar-refractivity contribution in [3.05, 3.63) is 0 Å². The Bertz CT molecular complexity index is 2310. The quantitative estimate of drug-likeness (QED) is 0.0306. The fourth-order valence-corrected chi connectivity index (χ4v) is 12.6. The molecule has 0 saturated carbocycles. The molecule has 0 aromatic rings. The van der Waals surface area contributed by atoms with Gasteiger partial charge < -0.3 is 66.1 Å². The van der Waals surface area contributed by atoms with E-state index in [1.165, 1.54) is 0 Å². The third-order valence-electron chi connectivity index (χ3n) is 17.0. The van der Waals surface area contributed by atoms with Crippen LogP contribution in [0.3, 0.4) is 0 Å². The van der Waals surface area contributed by atoms with Gasteiger partial charge in [-0.1, -0.05) is 26.2 Å². The highest BCUT2D eigenvalue weighted by molar-refractivity contribution is 8.00. The summed E-state index contributed by atoms with van der Waals surface area (Å²) in [7, 11) is 0. The molecule has 5 unspecified atom stereocenters. The van der Waals surface area contributed by atoms with Crippen LogP contribution in [0.25, 0.3) is 0 Å². The second-order valence-corrected chi connectivity index (χ2v) is 26.8. The predicted octanol–water partition coefficient (Wildman–Crippen LogP) is 6.86. The molecular formula is C69H119N9O17S. The third kappa shape index (κ3) is 45.3. The lowest BCUT2D eigenvalue weighted by Gasteiger charge is -2.18. The van der Waals surface area contributed by atoms with Gasteiger partial charge in [0, 0.05) is 147 Å². The zero-order valence-corrected chi connectivity index (χ0v) is 58.9. The van der Waals surface area contributed by atoms with Crippen LogP contribution >= 0.6 is 11.8 Å². The van der Waals surface area contributed by atoms with Gasteiger partial charge in [-0.3, -0.25) is 52.7 Å². The standard InChI is InChI=1S/C69H119N9O17S/c1-3-61(83)71-38-20-42-93-46-50-95-48-44-91-39-17-12-22-54(79)30-32-64(86)74-57(24-10-15-36-72-62(84)28-7-5-4-6-21-56(81)34-35-69(2)77-78-69)59(82)26-14-19-41-92-45-49-94-47-43-90-40-18-13-23-55(80)31-33-65(87)75-58(68(70)89)25-11-16-37-73-63(85)29-9-8-27-60-67-53(52-96-60)51-66(88)76-67/h53,57-58,60,67H,3-52H2,1-2H3,(H2,70,89)(H,71,83)(H,72,84)(H,73,85)(H,74,86)(H,75,87)(H,76,88). The number of nitrogens with one attached hydrogen (secondary N) is 6. The summed E-state index contributed by atoms with van der Waals surface area (Å²) in [6, 6.07) is -1.31. The van der Waals surface area contributed by atoms with E-state index in [0.717, 1.165) is 57.1 Å². The highest BCUT2D eigenvalue weighted by atomic mass is 32.2. The summed E-state index contributed by atoms with van der Waals surface area (Å²) in [6.45, 7) is 10.3. The highest BCUT2D eigenvalue weighted by Crippen LogP contribution is 2.39. The van der Waals surface area contributed by atoms with Gasteiger partial charge in [-0.05, 0) is 128 Å². The molecule has 7 amide bonds. The summed E-state index contributed by atoms with van der Waals surface area (Å²) >= 11 is 1.92. The number of ether oxygens (including phenoxy) is 6. The Morgan fingerprint density at radius 3 is 1.42 bits per heavy atom. The smallest absolute Gasteiger partial charge is 0.239 e. The van der Waals surface area contributed by atoms with Gasteiger partial charge >= 0.3 is 0 Å². The predicted molar refractivity (Wildman–Crippen MR) is 365 cm³/mol. The van der Waals surface area contributed by atoms with E-state index < -0.39 is 23.9 Å². The minimum absolute atomic E-state index is 0.0184. The van der Waals surface area contributed by atoms with Crippen LogP contribution in [-0.2, 0) is 81.2 Å². The van der Waals surface area contributed by atoms with Gasteiger partial charge in [-0.15, -0.1) is 0 Å². The van der Waals surface area contributed by atoms with Crippen LogP contribution in [0.4, 0.5) is 0 Å². The molecule has 0 bridgehead atoms. The summed E-state index contributed by atoms with van der Waals surface area (Å²) in [5.74, 6) is 0.184. The number of nitrogens with two attached hydrogens (primary N) is 1. The number of unbranched alkanes of at least 4 members (excludes halogenated alkanes) is 9. The first kappa shape index (κ1) is 84.9. The van der Waals surface area contributed by atoms with Crippen molar-refractivity contribution in [2.45, 2.75) is 261 Å². The molecule has 3 rings (SSSR count). The summed E-state index contributed by atoms with van der Waals surface area (Å²) in [6.07, 6.45) is 18.2. The normalized spacial score (nSPS) is 16.5. The molecule has 3 aliphatic rings. The number of primary amides is 1. The Labute approximate surface area is 574 Å². The van der Waals surface area contributed by atoms with Gasteiger partial charge in [0.05, 0.1) is 58.9 Å². The lowest BCUT2D eigenvalue weighted by molar-refractivity contribution is -0.129. The number of Topliss-reactive ketones (excluding diaryl/α,β-unsaturated/α-hetero) is 4. The minimum atomic E-state index is -0.857. The zero-order chi connectivity index (χ0) is 69.7. The van der Waals surface area contributed by atoms with Crippen molar-refractivity contribution in [2.75, 3.05) is 105 Å². The Morgan fingerprint density at radius 2 is 0.906 bits per heavy atom. The van der Waals surface area contributed by atoms with Gasteiger partial charge in [0.1, 0.15) is 23.4 Å². The van der Waals surface area contributed by atoms with Crippen LogP contribution in [-0.4, -0.2) is 198 Å². The number of ketones is 4. The van der Waals surface area contributed by atoms with E-state index in [9.17, 15) is 52.7 Å². The second kappa shape index (κ2) is 54.6. The molecule has 27 heteroatoms. The van der Waals surface area contributed by atoms with Crippen molar-refractivity contribution in [1.82, 2.24) is 31.9 Å². The number of hydrogen-bond donors (Lipinski definition) is 7. The molecule has 0 aliphatic carbocycles. The van der Waals surface area contributed by atoms with Crippen molar-refractivity contribution in [1.29, 1.82) is 0 Å². The average Bonchev–Trinajstić information content (AvgIpc) is 1.67. The van der Waals surface area contributed by atoms with E-state index in [1.807, 2.05) is 25.6 Å². The number of carbonyl (C=O) groups is 11. The number of carbonyl (C=O) groups excluding carboxylic acids is 11. The molecule has 0 radical (unpaired) electrons. The van der Waals surface area contributed by atoms with Crippen LogP contribution in [0, 0.1) is 5.92 Å². The molecule has 0 aromatic carbocycles. The number of hydrogen-bond acceptors (Lipinski definition) is 20. The molecule has 3 aliphatic heterocycles. The summed E-state index contributed by atoms with van der Waals surface area (Å²) in [4.78, 5) is 136. The molecule has 2 saturated heterocycles. The number of rotatable bonds is 67. The molecule has 26 nitrogen and oxygen atoms in total. The second-order valence-electron chi connectivity index (χ2n) is 25.5. The molecule has 5 atom stereocenters. The lowest BCUT2D eigenvalue weighted by Crippen LogP contribution is -2.44. The molecule has 0 aromatic heterocycles. The van der Waals surface area contributed by atoms with Crippen LogP contribution in [0.15, 0.2) is 10.2 Å². The van der Waals surface area contributed by atoms with Crippen molar-refractivity contribution in [3.63, 3.8) is 0 Å². The number of nitrogens with zero attached hydrogens (tertiary/aromatic N) is 2. The van der Waals surface area contributed by atoms with Gasteiger partial charge in [0.15, 0.2) is 11.4 Å². The van der Waals surface area contributed by atoms with E-state index in [-0.39, 0.29) is 96.5 Å². The number of fused-ring (bicyclic) bond motifs is 1. The molecule has 8 N–H and O–H groups in total. The molecular weight excluding hydrogens is 1260 g/mol. The maximum Gasteiger partial charge on any atom is 0.239 e. The highest BCUT2D eigenvalue weighted by Gasteiger charge is 2.42. The fourth-order valence-electron chi connectivity index (χ4n) is 11.0. The summed E-state index contributed by atoms with van der Waals surface area (Å²) in [5.41, 5.74) is 5.19. The monoisotopic (exact) mass is 1380 g/mol. The van der Waals surface area contributed by atoms with Crippen molar-refractivity contribution in [2.24, 2.45) is 21.9 Å². The third-order valence-corrected chi connectivity index (χ3v) is 18.6. The van der Waals surface area contributed by atoms with Crippen LogP contribution in [0.1, 0.15) is 232 Å². The molecule has 2 fully saturated rings. The van der Waals surface area contributed by atoms with Crippen LogP contribution in [0.5, 0.6) is 0 Å². The van der Waals surface area contributed by atoms with Crippen molar-refractivity contribution < 1.29 is 81.2 Å². The number of amides is 7. The van der Waals surface area contributed by atoms with E-state index in [4.69, 9.17) is 34.2 Å². The largest absolute Gasteiger partial charge is 0.379 e. The van der Waals surface area contributed by atoms with Gasteiger partial charge in [-0.25, -0.2) is 0 Å². The Hall–Kier alpha value is -5.32. The Balaban J connectivity index is 1.18. The summed E-state index contributed by atoms with van der Waals surface area (Å²) in [5, 5.41) is 25.6. The Kier molecular flexibility index (Phi) is 48.3. The van der Waals surface area contributed by atoms with E-state index in [0.29, 0.717) is 245 Å². The average molecular weight is 1380 g/mol. The first-order valence-electron chi connectivity index (χ1n) is 36.0. The van der Waals surface area contributed by atoms with Crippen LogP contribution in [0.2, 0.25) is 0 Å². The Morgan fingerprint density at radius 1 is 0.479 bits per heavy atom. The van der Waals surface area contributed by atoms with Gasteiger partial charge in [-0.2, -0.15) is 22.0 Å². The van der Waals surface area contributed by atoms with Crippen LogP contribution < -0.4 is 37.6 Å². The SMILES string of the molecule is CCC(=O)NCCCOCCOCCOCCCCC(=O)CCC(=O)NC(CCCCNC(=O)CCCCCCC(=O)CCC1(C)N=N1)C(=O)CCCCOCCOCCOCCCCC(=O)CCC(=O)NC(CCCCNC(=O)CCCCC1SCC2CC(=O)NC21)C(N)=O. The maximum atomic E-state index is 13.5. The molecule has 548 valence electrons. The fraction of sp³-hybridized carbons (Fsp3) is 0.841. The molecule has 3 heterocycles. The van der Waals surface area contributed by atoms with Crippen molar-refractivity contribution >= 4 is 76.2 Å². The zero-order valence-electron chi connectivity index (χ0n) is 58.1. The van der Waals surface area contributed by atoms with Crippen molar-refractivity contribution in [3.8, 4) is 0 Å². The molecule has 96 heavy (non-hydrogen) atoms. The topological polar surface area (TPSA) is 366 Å². The minimum Gasteiger partial charge on any atom is -0.379 e. The summed E-state index contributed by atoms with van der Waals surface area (Å²) < 4.78 is 33.6. The maximum absolute atomic E-state index is 13.5. The van der Waals surface area contributed by atoms with E-state index >= 15 is 0 Å². The first-order chi connectivity index (χ1) is 46.5. The van der Waals surface area contributed by atoms with E-state index in [2.05, 4.69) is 42.1 Å². The molecule has 0 spiro atoms. The first-order valence-corrected chi connectivity index (χ1v) is 37.1.